The Bertz CT molecular complexity index is 439. The Kier molecular flexibility index (Phi) is 4.89. The molecule has 1 saturated carbocycles. The van der Waals surface area contributed by atoms with Crippen LogP contribution in [-0.2, 0) is 4.74 Å². The zero-order chi connectivity index (χ0) is 14.4. The molecule has 20 heavy (non-hydrogen) atoms. The SMILES string of the molecule is COC(=O)c1cnc(NCC2(O)CCCCCC2)cn1. The molecule has 0 aliphatic heterocycles. The van der Waals surface area contributed by atoms with Gasteiger partial charge < -0.3 is 15.2 Å². The van der Waals surface area contributed by atoms with Crippen molar-refractivity contribution in [3.8, 4) is 0 Å². The van der Waals surface area contributed by atoms with E-state index < -0.39 is 11.6 Å². The lowest BCUT2D eigenvalue weighted by atomic mass is 9.94. The smallest absolute Gasteiger partial charge is 0.358 e. The van der Waals surface area contributed by atoms with Crippen molar-refractivity contribution in [1.82, 2.24) is 9.97 Å². The van der Waals surface area contributed by atoms with Crippen molar-refractivity contribution in [2.75, 3.05) is 19.0 Å². The molecular weight excluding hydrogens is 258 g/mol. The van der Waals surface area contributed by atoms with E-state index >= 15 is 0 Å². The number of aliphatic hydroxyl groups is 1. The van der Waals surface area contributed by atoms with Crippen LogP contribution in [0.3, 0.4) is 0 Å². The van der Waals surface area contributed by atoms with Crippen molar-refractivity contribution in [2.24, 2.45) is 0 Å². The van der Waals surface area contributed by atoms with Crippen LogP contribution in [0.5, 0.6) is 0 Å². The summed E-state index contributed by atoms with van der Waals surface area (Å²) in [5.74, 6) is 0.0433. The Labute approximate surface area is 118 Å². The van der Waals surface area contributed by atoms with E-state index in [-0.39, 0.29) is 5.69 Å². The van der Waals surface area contributed by atoms with Gasteiger partial charge in [0.05, 0.1) is 25.1 Å². The number of anilines is 1. The number of nitrogens with zero attached hydrogens (tertiary/aromatic N) is 2. The molecule has 110 valence electrons. The molecule has 1 aliphatic rings. The van der Waals surface area contributed by atoms with Crippen LogP contribution in [0.1, 0.15) is 49.0 Å². The Morgan fingerprint density at radius 2 is 2.00 bits per heavy atom. The fraction of sp³-hybridized carbons (Fsp3) is 0.643. The molecule has 1 heterocycles. The van der Waals surface area contributed by atoms with Crippen molar-refractivity contribution in [3.63, 3.8) is 0 Å². The molecule has 0 spiro atoms. The van der Waals surface area contributed by atoms with Crippen molar-refractivity contribution >= 4 is 11.8 Å². The van der Waals surface area contributed by atoms with Crippen molar-refractivity contribution in [1.29, 1.82) is 0 Å². The van der Waals surface area contributed by atoms with Gasteiger partial charge in [-0.2, -0.15) is 0 Å². The molecule has 2 N–H and O–H groups in total. The number of nitrogens with one attached hydrogen (secondary N) is 1. The quantitative estimate of drug-likeness (QED) is 0.645. The third-order valence-corrected chi connectivity index (χ3v) is 3.68. The molecule has 1 fully saturated rings. The number of ether oxygens (including phenoxy) is 1. The van der Waals surface area contributed by atoms with Crippen molar-refractivity contribution in [3.05, 3.63) is 18.1 Å². The lowest BCUT2D eigenvalue weighted by molar-refractivity contribution is 0.0380. The largest absolute Gasteiger partial charge is 0.464 e. The predicted molar refractivity (Wildman–Crippen MR) is 74.5 cm³/mol. The van der Waals surface area contributed by atoms with Crippen LogP contribution in [0, 0.1) is 0 Å². The van der Waals surface area contributed by atoms with Gasteiger partial charge in [-0.25, -0.2) is 14.8 Å². The van der Waals surface area contributed by atoms with Gasteiger partial charge in [0.15, 0.2) is 5.69 Å². The summed E-state index contributed by atoms with van der Waals surface area (Å²) in [5, 5.41) is 13.6. The van der Waals surface area contributed by atoms with E-state index in [1.54, 1.807) is 0 Å². The molecule has 0 atom stereocenters. The Hall–Kier alpha value is -1.69. The van der Waals surface area contributed by atoms with Crippen LogP contribution < -0.4 is 5.32 Å². The average molecular weight is 279 g/mol. The van der Waals surface area contributed by atoms with Crippen LogP contribution in [0.15, 0.2) is 12.4 Å². The van der Waals surface area contributed by atoms with Crippen LogP contribution in [0.25, 0.3) is 0 Å². The Balaban J connectivity index is 1.91. The van der Waals surface area contributed by atoms with Crippen molar-refractivity contribution in [2.45, 2.75) is 44.1 Å². The van der Waals surface area contributed by atoms with Crippen LogP contribution >= 0.6 is 0 Å². The molecule has 0 amide bonds. The molecule has 1 aliphatic carbocycles. The van der Waals surface area contributed by atoms with Crippen LogP contribution in [0.2, 0.25) is 0 Å². The molecule has 6 nitrogen and oxygen atoms in total. The van der Waals surface area contributed by atoms with Crippen LogP contribution in [0.4, 0.5) is 5.82 Å². The second kappa shape index (κ2) is 6.65. The average Bonchev–Trinajstić information content (AvgIpc) is 2.70. The molecule has 2 rings (SSSR count). The Morgan fingerprint density at radius 1 is 1.30 bits per heavy atom. The standard InChI is InChI=1S/C14H21N3O3/c1-20-13(18)11-8-16-12(9-15-11)17-10-14(19)6-4-2-3-5-7-14/h8-9,19H,2-7,10H2,1H3,(H,16,17). The second-order valence-corrected chi connectivity index (χ2v) is 5.27. The first kappa shape index (κ1) is 14.7. The summed E-state index contributed by atoms with van der Waals surface area (Å²) in [6, 6.07) is 0. The first-order valence-corrected chi connectivity index (χ1v) is 7.00. The highest BCUT2D eigenvalue weighted by molar-refractivity contribution is 5.86. The summed E-state index contributed by atoms with van der Waals surface area (Å²) in [7, 11) is 1.30. The molecule has 0 saturated heterocycles. The second-order valence-electron chi connectivity index (χ2n) is 5.27. The van der Waals surface area contributed by atoms with E-state index in [9.17, 15) is 9.90 Å². The highest BCUT2D eigenvalue weighted by atomic mass is 16.5. The first-order chi connectivity index (χ1) is 9.63. The summed E-state index contributed by atoms with van der Waals surface area (Å²) in [4.78, 5) is 19.3. The minimum atomic E-state index is -0.667. The summed E-state index contributed by atoms with van der Waals surface area (Å²) in [5.41, 5.74) is -0.495. The lowest BCUT2D eigenvalue weighted by Gasteiger charge is -2.26. The van der Waals surface area contributed by atoms with Gasteiger partial charge in [0.2, 0.25) is 0 Å². The third kappa shape index (κ3) is 3.90. The molecule has 0 bridgehead atoms. The number of aromatic nitrogens is 2. The maximum atomic E-state index is 11.2. The molecule has 1 aromatic rings. The molecule has 0 radical (unpaired) electrons. The summed E-state index contributed by atoms with van der Waals surface area (Å²) >= 11 is 0. The topological polar surface area (TPSA) is 84.3 Å². The van der Waals surface area contributed by atoms with E-state index in [2.05, 4.69) is 20.0 Å². The molecular formula is C14H21N3O3. The van der Waals surface area contributed by atoms with Crippen LogP contribution in [-0.4, -0.2) is 40.3 Å². The molecule has 1 aromatic heterocycles. The number of hydrogen-bond donors (Lipinski definition) is 2. The van der Waals surface area contributed by atoms with Gasteiger partial charge in [0, 0.05) is 6.54 Å². The fourth-order valence-electron chi connectivity index (χ4n) is 2.45. The van der Waals surface area contributed by atoms with E-state index in [0.717, 1.165) is 25.7 Å². The zero-order valence-electron chi connectivity index (χ0n) is 11.8. The summed E-state index contributed by atoms with van der Waals surface area (Å²) in [6.07, 6.45) is 8.97. The van der Waals surface area contributed by atoms with Gasteiger partial charge in [0.1, 0.15) is 5.82 Å². The first-order valence-electron chi connectivity index (χ1n) is 7.00. The normalized spacial score (nSPS) is 18.1. The van der Waals surface area contributed by atoms with E-state index in [4.69, 9.17) is 0 Å². The fourth-order valence-corrected chi connectivity index (χ4v) is 2.45. The number of carbonyl (C=O) groups is 1. The number of hydrogen-bond acceptors (Lipinski definition) is 6. The maximum absolute atomic E-state index is 11.2. The van der Waals surface area contributed by atoms with E-state index in [0.29, 0.717) is 12.4 Å². The number of carbonyl (C=O) groups excluding carboxylic acids is 1. The number of esters is 1. The predicted octanol–water partition coefficient (Wildman–Crippen LogP) is 1.76. The lowest BCUT2D eigenvalue weighted by Crippen LogP contribution is -2.36. The molecule has 0 aromatic carbocycles. The van der Waals surface area contributed by atoms with Crippen molar-refractivity contribution < 1.29 is 14.6 Å². The van der Waals surface area contributed by atoms with Gasteiger partial charge in [-0.1, -0.05) is 25.7 Å². The minimum absolute atomic E-state index is 0.172. The number of rotatable bonds is 4. The third-order valence-electron chi connectivity index (χ3n) is 3.68. The van der Waals surface area contributed by atoms with Gasteiger partial charge in [0.25, 0.3) is 0 Å². The minimum Gasteiger partial charge on any atom is -0.464 e. The van der Waals surface area contributed by atoms with Gasteiger partial charge >= 0.3 is 5.97 Å². The summed E-state index contributed by atoms with van der Waals surface area (Å²) < 4.78 is 4.56. The summed E-state index contributed by atoms with van der Waals surface area (Å²) in [6.45, 7) is 0.458. The maximum Gasteiger partial charge on any atom is 0.358 e. The monoisotopic (exact) mass is 279 g/mol. The number of methoxy groups -OCH3 is 1. The molecule has 0 unspecified atom stereocenters. The van der Waals surface area contributed by atoms with E-state index in [1.807, 2.05) is 0 Å². The van der Waals surface area contributed by atoms with Gasteiger partial charge in [-0.05, 0) is 12.8 Å². The highest BCUT2D eigenvalue weighted by Crippen LogP contribution is 2.27. The highest BCUT2D eigenvalue weighted by Gasteiger charge is 2.27. The van der Waals surface area contributed by atoms with Gasteiger partial charge in [-0.15, -0.1) is 0 Å². The molecule has 6 heteroatoms. The van der Waals surface area contributed by atoms with Gasteiger partial charge in [-0.3, -0.25) is 0 Å². The zero-order valence-corrected chi connectivity index (χ0v) is 11.8. The Morgan fingerprint density at radius 3 is 2.55 bits per heavy atom. The van der Waals surface area contributed by atoms with E-state index in [1.165, 1.54) is 32.3 Å².